The van der Waals surface area contributed by atoms with Gasteiger partial charge in [0.25, 0.3) is 0 Å². The van der Waals surface area contributed by atoms with Crippen LogP contribution in [-0.4, -0.2) is 13.6 Å². The van der Waals surface area contributed by atoms with Crippen LogP contribution in [0.5, 0.6) is 0 Å². The predicted octanol–water partition coefficient (Wildman–Crippen LogP) is 1.13. The normalized spacial score (nSPS) is 4.29. The maximum absolute atomic E-state index is 8.00. The number of hydrogen-bond acceptors (Lipinski definition) is 2. The third kappa shape index (κ3) is 105. The standard InChI is InChI=1S/2CH2O.2HI.Ir.H/c2*1-2;;;;/h2*1H2;2*1H;;/q;;;;+2;/p-2. The summed E-state index contributed by atoms with van der Waals surface area (Å²) in [4.78, 5) is 16.0. The van der Waals surface area contributed by atoms with Crippen molar-refractivity contribution >= 4 is 52.8 Å². The molecule has 0 radical (unpaired) electrons. The summed E-state index contributed by atoms with van der Waals surface area (Å²) in [5.74, 6) is 0. The number of carbonyl (C=O) groups excluding carboxylic acids is 2. The Kier molecular flexibility index (Phi) is 116. The average Bonchev–Trinajstić information content (AvgIpc) is 1.78. The Labute approximate surface area is 71.9 Å². The van der Waals surface area contributed by atoms with E-state index in [1.54, 1.807) is 0 Å². The van der Waals surface area contributed by atoms with E-state index < -0.39 is 0 Å². The van der Waals surface area contributed by atoms with Crippen LogP contribution in [0.15, 0.2) is 0 Å². The molecule has 0 atom stereocenters. The second-order valence-electron chi connectivity index (χ2n) is 0.0505. The van der Waals surface area contributed by atoms with Crippen LogP contribution in [0.3, 0.4) is 0 Å². The molecule has 0 N–H and O–H groups in total. The van der Waals surface area contributed by atoms with Gasteiger partial charge in [0.05, 0.1) is 0 Å². The molecule has 0 saturated heterocycles. The van der Waals surface area contributed by atoms with Gasteiger partial charge in [-0.15, -0.1) is 0 Å². The van der Waals surface area contributed by atoms with Crippen LogP contribution in [0.25, 0.3) is 0 Å². The Bertz CT molecular complexity index is 21.2. The zero-order valence-corrected chi connectivity index (χ0v) is 10.2. The van der Waals surface area contributed by atoms with Gasteiger partial charge >= 0.3 is 49.7 Å². The quantitative estimate of drug-likeness (QED) is 0.462. The van der Waals surface area contributed by atoms with Gasteiger partial charge in [0.2, 0.25) is 0 Å². The van der Waals surface area contributed by atoms with Crippen LogP contribution < -0.4 is 0 Å². The molecule has 2 nitrogen and oxygen atoms in total. The molecule has 0 spiro atoms. The van der Waals surface area contributed by atoms with Crippen molar-refractivity contribution in [3.05, 3.63) is 0 Å². The molecule has 0 aliphatic carbocycles. The summed E-state index contributed by atoms with van der Waals surface area (Å²) in [6, 6.07) is 0. The van der Waals surface area contributed by atoms with Gasteiger partial charge in [-0.05, 0) is 0 Å². The van der Waals surface area contributed by atoms with Crippen LogP contribution >= 0.6 is 39.2 Å². The topological polar surface area (TPSA) is 34.1 Å². The van der Waals surface area contributed by atoms with Gasteiger partial charge in [-0.25, -0.2) is 0 Å². The van der Waals surface area contributed by atoms with E-state index in [2.05, 4.69) is 39.2 Å². The average molecular weight is 507 g/mol. The van der Waals surface area contributed by atoms with Crippen LogP contribution in [0.4, 0.5) is 0 Å². The van der Waals surface area contributed by atoms with E-state index in [0.717, 1.165) is 0 Å². The van der Waals surface area contributed by atoms with E-state index in [4.69, 9.17) is 9.59 Å². The summed E-state index contributed by atoms with van der Waals surface area (Å²) in [5, 5.41) is 0. The van der Waals surface area contributed by atoms with Gasteiger partial charge in [0, 0.05) is 0 Å². The Morgan fingerprint density at radius 3 is 1.00 bits per heavy atom. The van der Waals surface area contributed by atoms with Crippen molar-refractivity contribution in [1.82, 2.24) is 0 Å². The Morgan fingerprint density at radius 1 is 1.00 bits per heavy atom. The molecule has 0 amide bonds. The fourth-order valence-electron chi connectivity index (χ4n) is 0. The molecule has 5 heteroatoms. The van der Waals surface area contributed by atoms with Crippen molar-refractivity contribution < 1.29 is 20.1 Å². The molecule has 0 fully saturated rings. The van der Waals surface area contributed by atoms with Crippen molar-refractivity contribution in [2.45, 2.75) is 0 Å². The summed E-state index contributed by atoms with van der Waals surface area (Å²) in [7, 11) is 0.357. The molecule has 0 aliphatic heterocycles. The first-order valence-electron chi connectivity index (χ1n) is 0.845. The fraction of sp³-hybridized carbons (Fsp3) is 0. The summed E-state index contributed by atoms with van der Waals surface area (Å²) in [5.41, 5.74) is 0. The first-order valence-corrected chi connectivity index (χ1v) is 15.3. The molecule has 0 bridgehead atoms. The minimum atomic E-state index is 0.357. The Balaban J connectivity index is -0.0000000360. The number of halogens is 2. The van der Waals surface area contributed by atoms with Crippen molar-refractivity contribution in [3.63, 3.8) is 0 Å². The van der Waals surface area contributed by atoms with Crippen LogP contribution in [0.2, 0.25) is 0 Å². The van der Waals surface area contributed by atoms with Gasteiger partial charge in [0.15, 0.2) is 0 Å². The van der Waals surface area contributed by atoms with Gasteiger partial charge < -0.3 is 9.59 Å². The monoisotopic (exact) mass is 508 g/mol. The van der Waals surface area contributed by atoms with Crippen LogP contribution in [-0.2, 0) is 20.1 Å². The van der Waals surface area contributed by atoms with E-state index >= 15 is 0 Å². The molecule has 0 heterocycles. The number of rotatable bonds is 0. The molecule has 0 rings (SSSR count). The summed E-state index contributed by atoms with van der Waals surface area (Å²) in [6.07, 6.45) is 0. The molecule has 0 aromatic heterocycles. The van der Waals surface area contributed by atoms with E-state index in [-0.39, 0.29) is 0 Å². The zero-order valence-electron chi connectivity index (χ0n) is 3.34. The van der Waals surface area contributed by atoms with E-state index in [1.165, 1.54) is 0 Å². The molecular weight excluding hydrogens is 502 g/mol. The second kappa shape index (κ2) is 51.6. The maximum atomic E-state index is 8.00. The van der Waals surface area contributed by atoms with Gasteiger partial charge in [-0.1, -0.05) is 0 Å². The molecule has 48 valence electrons. The molecule has 0 aromatic carbocycles. The SMILES string of the molecule is C=O.C=O.[I][IrH][I]. The summed E-state index contributed by atoms with van der Waals surface area (Å²) < 4.78 is 0. The summed E-state index contributed by atoms with van der Waals surface area (Å²) in [6.45, 7) is 4.00. The predicted molar refractivity (Wildman–Crippen MR) is 43.7 cm³/mol. The zero-order chi connectivity index (χ0) is 6.71. The van der Waals surface area contributed by atoms with Crippen LogP contribution in [0.1, 0.15) is 0 Å². The molecule has 0 unspecified atom stereocenters. The van der Waals surface area contributed by atoms with Crippen molar-refractivity contribution in [3.8, 4) is 0 Å². The first-order chi connectivity index (χ1) is 3.41. The summed E-state index contributed by atoms with van der Waals surface area (Å²) >= 11 is 4.83. The Morgan fingerprint density at radius 2 is 1.00 bits per heavy atom. The van der Waals surface area contributed by atoms with Crippen molar-refractivity contribution in [1.29, 1.82) is 0 Å². The van der Waals surface area contributed by atoms with Gasteiger partial charge in [-0.2, -0.15) is 0 Å². The molecule has 0 aliphatic rings. The minimum absolute atomic E-state index is 0.357. The fourth-order valence-corrected chi connectivity index (χ4v) is 0. The van der Waals surface area contributed by atoms with E-state index in [1.807, 2.05) is 13.6 Å². The Hall–Kier alpha value is 1.45. The number of hydrogen-bond donors (Lipinski definition) is 0. The van der Waals surface area contributed by atoms with E-state index in [0.29, 0.717) is 10.5 Å². The van der Waals surface area contributed by atoms with E-state index in [9.17, 15) is 0 Å². The van der Waals surface area contributed by atoms with Crippen molar-refractivity contribution in [2.75, 3.05) is 0 Å². The van der Waals surface area contributed by atoms with Crippen molar-refractivity contribution in [2.24, 2.45) is 0 Å². The van der Waals surface area contributed by atoms with Crippen LogP contribution in [0, 0.1) is 0 Å². The van der Waals surface area contributed by atoms with Gasteiger partial charge in [-0.3, -0.25) is 0 Å². The molecule has 0 aromatic rings. The number of carbonyl (C=O) groups is 2. The third-order valence-corrected chi connectivity index (χ3v) is 0. The van der Waals surface area contributed by atoms with Gasteiger partial charge in [0.1, 0.15) is 13.6 Å². The molecular formula is C2H5I2IrO2. The second-order valence-corrected chi connectivity index (χ2v) is 18.6. The third-order valence-electron chi connectivity index (χ3n) is 0. The molecule has 0 saturated carbocycles. The first kappa shape index (κ1) is 15.8. The molecule has 7 heavy (non-hydrogen) atoms.